The Bertz CT molecular complexity index is 1720. The van der Waals surface area contributed by atoms with Crippen LogP contribution in [0.3, 0.4) is 0 Å². The molecule has 0 aromatic carbocycles. The van der Waals surface area contributed by atoms with Crippen LogP contribution in [-0.2, 0) is 28.6 Å². The molecule has 0 saturated carbocycles. The predicted molar refractivity (Wildman–Crippen MR) is 353 cm³/mol. The topological polar surface area (TPSA) is 78.9 Å². The van der Waals surface area contributed by atoms with Crippen molar-refractivity contribution >= 4 is 17.9 Å². The van der Waals surface area contributed by atoms with E-state index in [4.69, 9.17) is 14.2 Å². The molecule has 1 atom stereocenters. The Morgan fingerprint density at radius 2 is 0.494 bits per heavy atom. The number of unbranched alkanes of at least 4 members (excludes halogenated alkanes) is 27. The highest BCUT2D eigenvalue weighted by Crippen LogP contribution is 2.16. The molecule has 0 heterocycles. The number of carbonyl (C=O) groups excluding carboxylic acids is 3. The van der Waals surface area contributed by atoms with Gasteiger partial charge in [0.1, 0.15) is 13.2 Å². The summed E-state index contributed by atoms with van der Waals surface area (Å²) in [4.78, 5) is 38.4. The Morgan fingerprint density at radius 1 is 0.259 bits per heavy atom. The Labute approximate surface area is 500 Å². The van der Waals surface area contributed by atoms with Crippen LogP contribution in [0.5, 0.6) is 0 Å². The highest BCUT2D eigenvalue weighted by Gasteiger charge is 2.19. The molecule has 0 aliphatic heterocycles. The third-order valence-electron chi connectivity index (χ3n) is 14.2. The minimum absolute atomic E-state index is 0.102. The van der Waals surface area contributed by atoms with E-state index in [1.54, 1.807) is 0 Å². The average molecular weight is 1120 g/mol. The summed E-state index contributed by atoms with van der Waals surface area (Å²) >= 11 is 0. The number of esters is 3. The van der Waals surface area contributed by atoms with E-state index < -0.39 is 6.10 Å². The summed E-state index contributed by atoms with van der Waals surface area (Å²) in [6, 6.07) is 0. The maximum atomic E-state index is 12.9. The summed E-state index contributed by atoms with van der Waals surface area (Å²) in [5.41, 5.74) is 0. The van der Waals surface area contributed by atoms with Crippen LogP contribution in [0.1, 0.15) is 303 Å². The fourth-order valence-corrected chi connectivity index (χ4v) is 9.19. The number of allylic oxidation sites excluding steroid dienone is 22. The first kappa shape index (κ1) is 76.5. The second kappa shape index (κ2) is 68.1. The van der Waals surface area contributed by atoms with E-state index in [9.17, 15) is 14.4 Å². The standard InChI is InChI=1S/C75H124O6/c1-4-7-10-13-16-19-22-25-28-31-32-33-34-35-36-37-38-39-40-41-42-45-47-50-53-56-59-62-65-68-74(77)80-71-72(81-75(78)69-66-63-60-57-54-51-48-44-30-27-24-21-18-15-12-9-6-3)70-79-73(76)67-64-61-58-55-52-49-46-43-29-26-23-20-17-14-11-8-5-2/h7,9-10,12,16,18-19,21,25,27-28,30,32-33,35-36,38-39,48,51,57,60,72H,4-6,8,11,13-15,17,20,22-24,26,29,31,34,37,40-47,49-50,52-56,58-59,61-71H2,1-3H3/b10-7-,12-9-,19-16-,21-18-,28-25-,30-27-,33-32-,36-35-,39-38-,51-48-,60-57-. The van der Waals surface area contributed by atoms with Gasteiger partial charge in [0.15, 0.2) is 6.10 Å². The van der Waals surface area contributed by atoms with Crippen molar-refractivity contribution in [3.63, 3.8) is 0 Å². The second-order valence-electron chi connectivity index (χ2n) is 22.0. The minimum atomic E-state index is -0.814. The first-order valence-electron chi connectivity index (χ1n) is 33.7. The van der Waals surface area contributed by atoms with Gasteiger partial charge >= 0.3 is 17.9 Å². The number of hydrogen-bond acceptors (Lipinski definition) is 6. The van der Waals surface area contributed by atoms with Gasteiger partial charge in [-0.1, -0.05) is 309 Å². The zero-order chi connectivity index (χ0) is 58.5. The van der Waals surface area contributed by atoms with Gasteiger partial charge in [0.2, 0.25) is 0 Å². The van der Waals surface area contributed by atoms with Gasteiger partial charge in [-0.05, 0) is 109 Å². The van der Waals surface area contributed by atoms with Crippen LogP contribution in [0.4, 0.5) is 0 Å². The lowest BCUT2D eigenvalue weighted by atomic mass is 10.0. The normalized spacial score (nSPS) is 13.0. The molecule has 0 aromatic heterocycles. The zero-order valence-corrected chi connectivity index (χ0v) is 52.8. The van der Waals surface area contributed by atoms with Gasteiger partial charge in [0.05, 0.1) is 0 Å². The van der Waals surface area contributed by atoms with E-state index >= 15 is 0 Å². The molecule has 0 fully saturated rings. The van der Waals surface area contributed by atoms with Crippen molar-refractivity contribution in [2.24, 2.45) is 0 Å². The smallest absolute Gasteiger partial charge is 0.306 e. The molecule has 0 amide bonds. The lowest BCUT2D eigenvalue weighted by Crippen LogP contribution is -2.30. The van der Waals surface area contributed by atoms with E-state index in [0.717, 1.165) is 116 Å². The van der Waals surface area contributed by atoms with Gasteiger partial charge in [0.25, 0.3) is 0 Å². The highest BCUT2D eigenvalue weighted by molar-refractivity contribution is 5.71. The van der Waals surface area contributed by atoms with Gasteiger partial charge in [-0.15, -0.1) is 0 Å². The largest absolute Gasteiger partial charge is 0.462 e. The molecule has 0 radical (unpaired) electrons. The molecule has 0 rings (SSSR count). The predicted octanol–water partition coefficient (Wildman–Crippen LogP) is 23.3. The van der Waals surface area contributed by atoms with Crippen molar-refractivity contribution in [2.45, 2.75) is 309 Å². The lowest BCUT2D eigenvalue weighted by Gasteiger charge is -2.18. The summed E-state index contributed by atoms with van der Waals surface area (Å²) < 4.78 is 16.9. The number of rotatable bonds is 60. The van der Waals surface area contributed by atoms with Crippen molar-refractivity contribution in [1.29, 1.82) is 0 Å². The Kier molecular flexibility index (Phi) is 64.3. The fraction of sp³-hybridized carbons (Fsp3) is 0.667. The molecule has 0 spiro atoms. The first-order chi connectivity index (χ1) is 40.0. The second-order valence-corrected chi connectivity index (χ2v) is 22.0. The van der Waals surface area contributed by atoms with Crippen LogP contribution in [-0.4, -0.2) is 37.2 Å². The molecule has 6 heteroatoms. The molecule has 460 valence electrons. The first-order valence-corrected chi connectivity index (χ1v) is 33.7. The van der Waals surface area contributed by atoms with E-state index in [-0.39, 0.29) is 37.5 Å². The SMILES string of the molecule is CC/C=C\C/C=C\C/C=C\C/C=C\C/C=C\C/C=C\CCCCCCCCCCCCC(=O)OCC(COC(=O)CCCCCCCCCCCCCCCCCCC)OC(=O)CCC/C=C\C/C=C\C/C=C\C/C=C\C/C=C\CC. The third kappa shape index (κ3) is 66.2. The minimum Gasteiger partial charge on any atom is -0.462 e. The van der Waals surface area contributed by atoms with Crippen LogP contribution in [0, 0.1) is 0 Å². The van der Waals surface area contributed by atoms with Gasteiger partial charge < -0.3 is 14.2 Å². The monoisotopic (exact) mass is 1120 g/mol. The Balaban J connectivity index is 4.39. The number of hydrogen-bond donors (Lipinski definition) is 0. The zero-order valence-electron chi connectivity index (χ0n) is 52.8. The average Bonchev–Trinajstić information content (AvgIpc) is 3.47. The molecule has 0 aromatic rings. The van der Waals surface area contributed by atoms with E-state index in [2.05, 4.69) is 154 Å². The number of carbonyl (C=O) groups is 3. The van der Waals surface area contributed by atoms with Gasteiger partial charge in [-0.2, -0.15) is 0 Å². The molecule has 0 bridgehead atoms. The third-order valence-corrected chi connectivity index (χ3v) is 14.2. The summed E-state index contributed by atoms with van der Waals surface area (Å²) in [6.45, 7) is 6.39. The van der Waals surface area contributed by atoms with Crippen molar-refractivity contribution in [3.8, 4) is 0 Å². The molecule has 1 unspecified atom stereocenters. The summed E-state index contributed by atoms with van der Waals surface area (Å²) in [7, 11) is 0. The summed E-state index contributed by atoms with van der Waals surface area (Å²) in [6.07, 6.45) is 96.1. The van der Waals surface area contributed by atoms with E-state index in [0.29, 0.717) is 19.3 Å². The fourth-order valence-electron chi connectivity index (χ4n) is 9.19. The van der Waals surface area contributed by atoms with Crippen LogP contribution < -0.4 is 0 Å². The molecule has 0 saturated heterocycles. The van der Waals surface area contributed by atoms with E-state index in [1.807, 2.05) is 0 Å². The van der Waals surface area contributed by atoms with E-state index in [1.165, 1.54) is 141 Å². The molecular weight excluding hydrogens is 997 g/mol. The molecular formula is C75H124O6. The maximum absolute atomic E-state index is 12.9. The van der Waals surface area contributed by atoms with Gasteiger partial charge in [-0.3, -0.25) is 14.4 Å². The van der Waals surface area contributed by atoms with Crippen LogP contribution in [0.2, 0.25) is 0 Å². The molecule has 6 nitrogen and oxygen atoms in total. The Hall–Kier alpha value is -4.45. The van der Waals surface area contributed by atoms with Crippen molar-refractivity contribution in [1.82, 2.24) is 0 Å². The maximum Gasteiger partial charge on any atom is 0.306 e. The van der Waals surface area contributed by atoms with Crippen LogP contribution >= 0.6 is 0 Å². The van der Waals surface area contributed by atoms with Crippen molar-refractivity contribution in [2.75, 3.05) is 13.2 Å². The summed E-state index contributed by atoms with van der Waals surface area (Å²) in [5.74, 6) is -0.958. The van der Waals surface area contributed by atoms with Gasteiger partial charge in [-0.25, -0.2) is 0 Å². The van der Waals surface area contributed by atoms with Crippen molar-refractivity contribution in [3.05, 3.63) is 134 Å². The van der Waals surface area contributed by atoms with Crippen molar-refractivity contribution < 1.29 is 28.6 Å². The number of ether oxygens (including phenoxy) is 3. The van der Waals surface area contributed by atoms with Crippen LogP contribution in [0.25, 0.3) is 0 Å². The molecule has 81 heavy (non-hydrogen) atoms. The molecule has 0 aliphatic carbocycles. The highest BCUT2D eigenvalue weighted by atomic mass is 16.6. The Morgan fingerprint density at radius 3 is 0.790 bits per heavy atom. The molecule has 0 N–H and O–H groups in total. The quantitative estimate of drug-likeness (QED) is 0.0261. The molecule has 0 aliphatic rings. The van der Waals surface area contributed by atoms with Crippen LogP contribution in [0.15, 0.2) is 134 Å². The lowest BCUT2D eigenvalue weighted by molar-refractivity contribution is -0.167. The van der Waals surface area contributed by atoms with Gasteiger partial charge in [0, 0.05) is 19.3 Å². The summed E-state index contributed by atoms with van der Waals surface area (Å²) in [5, 5.41) is 0.